The highest BCUT2D eigenvalue weighted by Crippen LogP contribution is 2.23. The van der Waals surface area contributed by atoms with Gasteiger partial charge in [0.1, 0.15) is 11.3 Å². The SMILES string of the molecule is CCN1CCCC1CNC(=O)CCC1CCN(C(=O)c2cn3cc(C)ccc3n2)CC1. The molecule has 2 amide bonds. The molecule has 2 aliphatic rings. The van der Waals surface area contributed by atoms with Crippen LogP contribution >= 0.6 is 0 Å². The van der Waals surface area contributed by atoms with Crippen LogP contribution < -0.4 is 5.32 Å². The van der Waals surface area contributed by atoms with Gasteiger partial charge in [-0.2, -0.15) is 0 Å². The Morgan fingerprint density at radius 2 is 1.94 bits per heavy atom. The Balaban J connectivity index is 1.19. The van der Waals surface area contributed by atoms with Gasteiger partial charge in [0.05, 0.1) is 0 Å². The minimum atomic E-state index is 0.00888. The zero-order chi connectivity index (χ0) is 21.8. The second-order valence-electron chi connectivity index (χ2n) is 9.10. The Labute approximate surface area is 184 Å². The van der Waals surface area contributed by atoms with Gasteiger partial charge in [-0.1, -0.05) is 13.0 Å². The van der Waals surface area contributed by atoms with Crippen LogP contribution in [0, 0.1) is 12.8 Å². The second kappa shape index (κ2) is 9.81. The first-order valence-electron chi connectivity index (χ1n) is 11.8. The summed E-state index contributed by atoms with van der Waals surface area (Å²) in [4.78, 5) is 34.0. The monoisotopic (exact) mass is 425 g/mol. The summed E-state index contributed by atoms with van der Waals surface area (Å²) >= 11 is 0. The van der Waals surface area contributed by atoms with E-state index in [0.717, 1.165) is 63.2 Å². The standard InChI is InChI=1S/C24H35N5O2/c1-3-27-12-4-5-20(27)15-25-23(30)9-7-19-10-13-28(14-11-19)24(31)21-17-29-16-18(2)6-8-22(29)26-21/h6,8,16-17,19-20H,3-5,7,9-15H2,1-2H3,(H,25,30). The van der Waals surface area contributed by atoms with E-state index in [-0.39, 0.29) is 11.8 Å². The Morgan fingerprint density at radius 3 is 2.71 bits per heavy atom. The van der Waals surface area contributed by atoms with Crippen molar-refractivity contribution in [2.24, 2.45) is 5.92 Å². The van der Waals surface area contributed by atoms with Crippen LogP contribution in [0.15, 0.2) is 24.5 Å². The van der Waals surface area contributed by atoms with Crippen molar-refractivity contribution in [1.29, 1.82) is 0 Å². The number of likely N-dealkylation sites (tertiary alicyclic amines) is 2. The first kappa shape index (κ1) is 21.8. The van der Waals surface area contributed by atoms with Gasteiger partial charge in [-0.15, -0.1) is 0 Å². The Kier molecular flexibility index (Phi) is 6.90. The molecule has 2 aromatic rings. The maximum Gasteiger partial charge on any atom is 0.274 e. The zero-order valence-corrected chi connectivity index (χ0v) is 18.8. The molecule has 1 N–H and O–H groups in total. The fraction of sp³-hybridized carbons (Fsp3) is 0.625. The van der Waals surface area contributed by atoms with Gasteiger partial charge < -0.3 is 14.6 Å². The van der Waals surface area contributed by atoms with Crippen molar-refractivity contribution in [3.63, 3.8) is 0 Å². The van der Waals surface area contributed by atoms with E-state index in [1.807, 2.05) is 40.8 Å². The van der Waals surface area contributed by atoms with E-state index in [0.29, 0.717) is 24.1 Å². The number of hydrogen-bond donors (Lipinski definition) is 1. The van der Waals surface area contributed by atoms with Crippen molar-refractivity contribution in [3.8, 4) is 0 Å². The highest BCUT2D eigenvalue weighted by molar-refractivity contribution is 5.93. The third-order valence-electron chi connectivity index (χ3n) is 6.94. The van der Waals surface area contributed by atoms with Crippen molar-refractivity contribution in [2.75, 3.05) is 32.7 Å². The summed E-state index contributed by atoms with van der Waals surface area (Å²) < 4.78 is 1.92. The molecule has 0 spiro atoms. The van der Waals surface area contributed by atoms with E-state index in [1.165, 1.54) is 12.8 Å². The predicted molar refractivity (Wildman–Crippen MR) is 121 cm³/mol. The van der Waals surface area contributed by atoms with E-state index in [9.17, 15) is 9.59 Å². The van der Waals surface area contributed by atoms with Gasteiger partial charge in [0.25, 0.3) is 5.91 Å². The smallest absolute Gasteiger partial charge is 0.274 e. The molecule has 2 aromatic heterocycles. The number of hydrogen-bond acceptors (Lipinski definition) is 4. The number of likely N-dealkylation sites (N-methyl/N-ethyl adjacent to an activating group) is 1. The number of imidazole rings is 1. The van der Waals surface area contributed by atoms with Gasteiger partial charge in [0.15, 0.2) is 0 Å². The molecule has 7 heteroatoms. The summed E-state index contributed by atoms with van der Waals surface area (Å²) in [7, 11) is 0. The first-order valence-corrected chi connectivity index (χ1v) is 11.8. The maximum absolute atomic E-state index is 12.9. The van der Waals surface area contributed by atoms with Crippen LogP contribution in [0.2, 0.25) is 0 Å². The van der Waals surface area contributed by atoms with Crippen LogP contribution in [0.1, 0.15) is 61.5 Å². The third-order valence-corrected chi connectivity index (χ3v) is 6.94. The summed E-state index contributed by atoms with van der Waals surface area (Å²) in [6, 6.07) is 4.45. The molecule has 7 nitrogen and oxygen atoms in total. The van der Waals surface area contributed by atoms with E-state index < -0.39 is 0 Å². The Hall–Kier alpha value is -2.41. The minimum absolute atomic E-state index is 0.00888. The van der Waals surface area contributed by atoms with Crippen molar-refractivity contribution in [1.82, 2.24) is 24.5 Å². The van der Waals surface area contributed by atoms with Crippen LogP contribution in [0.4, 0.5) is 0 Å². The van der Waals surface area contributed by atoms with E-state index >= 15 is 0 Å². The number of carbonyl (C=O) groups excluding carboxylic acids is 2. The van der Waals surface area contributed by atoms with Crippen molar-refractivity contribution in [3.05, 3.63) is 35.8 Å². The lowest BCUT2D eigenvalue weighted by atomic mass is 9.92. The average Bonchev–Trinajstić information content (AvgIpc) is 3.42. The molecule has 0 bridgehead atoms. The predicted octanol–water partition coefficient (Wildman–Crippen LogP) is 2.88. The van der Waals surface area contributed by atoms with Gasteiger partial charge in [0, 0.05) is 44.5 Å². The lowest BCUT2D eigenvalue weighted by molar-refractivity contribution is -0.121. The number of fused-ring (bicyclic) bond motifs is 1. The van der Waals surface area contributed by atoms with Gasteiger partial charge >= 0.3 is 0 Å². The van der Waals surface area contributed by atoms with Crippen LogP contribution in [0.5, 0.6) is 0 Å². The molecule has 1 unspecified atom stereocenters. The van der Waals surface area contributed by atoms with Crippen LogP contribution in [0.25, 0.3) is 5.65 Å². The first-order chi connectivity index (χ1) is 15.0. The third kappa shape index (κ3) is 5.26. The topological polar surface area (TPSA) is 70.0 Å². The number of nitrogens with one attached hydrogen (secondary N) is 1. The molecule has 2 fully saturated rings. The Morgan fingerprint density at radius 1 is 1.13 bits per heavy atom. The summed E-state index contributed by atoms with van der Waals surface area (Å²) in [5, 5.41) is 3.14. The van der Waals surface area contributed by atoms with Crippen molar-refractivity contribution >= 4 is 17.5 Å². The summed E-state index contributed by atoms with van der Waals surface area (Å²) in [6.07, 6.45) is 9.64. The summed E-state index contributed by atoms with van der Waals surface area (Å²) in [6.45, 7) is 8.69. The molecule has 2 saturated heterocycles. The quantitative estimate of drug-likeness (QED) is 0.741. The summed E-state index contributed by atoms with van der Waals surface area (Å²) in [5.41, 5.74) is 2.45. The second-order valence-corrected chi connectivity index (χ2v) is 9.10. The zero-order valence-electron chi connectivity index (χ0n) is 18.8. The normalized spacial score (nSPS) is 20.5. The molecular formula is C24H35N5O2. The number of amides is 2. The average molecular weight is 426 g/mol. The van der Waals surface area contributed by atoms with Crippen LogP contribution in [-0.4, -0.2) is 69.8 Å². The summed E-state index contributed by atoms with van der Waals surface area (Å²) in [5.74, 6) is 0.688. The number of carbonyl (C=O) groups is 2. The molecule has 0 radical (unpaired) electrons. The number of nitrogens with zero attached hydrogens (tertiary/aromatic N) is 4. The fourth-order valence-electron chi connectivity index (χ4n) is 4.99. The molecular weight excluding hydrogens is 390 g/mol. The molecule has 0 aliphatic carbocycles. The highest BCUT2D eigenvalue weighted by Gasteiger charge is 2.26. The van der Waals surface area contributed by atoms with Gasteiger partial charge in [0.2, 0.25) is 5.91 Å². The number of piperidine rings is 1. The molecule has 0 saturated carbocycles. The lowest BCUT2D eigenvalue weighted by Gasteiger charge is -2.31. The van der Waals surface area contributed by atoms with Gasteiger partial charge in [-0.3, -0.25) is 14.5 Å². The minimum Gasteiger partial charge on any atom is -0.355 e. The molecule has 4 heterocycles. The van der Waals surface area contributed by atoms with Crippen LogP contribution in [0.3, 0.4) is 0 Å². The molecule has 2 aliphatic heterocycles. The molecule has 1 atom stereocenters. The maximum atomic E-state index is 12.9. The van der Waals surface area contributed by atoms with Crippen molar-refractivity contribution < 1.29 is 9.59 Å². The largest absolute Gasteiger partial charge is 0.355 e. The number of pyridine rings is 1. The van der Waals surface area contributed by atoms with Crippen molar-refractivity contribution in [2.45, 2.75) is 58.4 Å². The molecule has 4 rings (SSSR count). The fourth-order valence-corrected chi connectivity index (χ4v) is 4.99. The highest BCUT2D eigenvalue weighted by atomic mass is 16.2. The van der Waals surface area contributed by atoms with E-state index in [1.54, 1.807) is 0 Å². The van der Waals surface area contributed by atoms with E-state index in [4.69, 9.17) is 0 Å². The molecule has 0 aromatic carbocycles. The Bertz CT molecular complexity index is 916. The van der Waals surface area contributed by atoms with Gasteiger partial charge in [-0.05, 0) is 69.7 Å². The van der Waals surface area contributed by atoms with Crippen LogP contribution in [-0.2, 0) is 4.79 Å². The molecule has 31 heavy (non-hydrogen) atoms. The van der Waals surface area contributed by atoms with E-state index in [2.05, 4.69) is 22.1 Å². The van der Waals surface area contributed by atoms with Gasteiger partial charge in [-0.25, -0.2) is 4.98 Å². The lowest BCUT2D eigenvalue weighted by Crippen LogP contribution is -2.40. The number of rotatable bonds is 7. The number of aromatic nitrogens is 2. The number of aryl methyl sites for hydroxylation is 1. The molecule has 168 valence electrons.